The van der Waals surface area contributed by atoms with Gasteiger partial charge in [0.2, 0.25) is 5.91 Å². The molecule has 1 aliphatic heterocycles. The minimum atomic E-state index is -0.0295. The molecular weight excluding hydrogens is 426 g/mol. The Morgan fingerprint density at radius 2 is 1.68 bits per heavy atom. The lowest BCUT2D eigenvalue weighted by atomic mass is 9.88. The Balaban J connectivity index is 1.30. The van der Waals surface area contributed by atoms with E-state index in [1.165, 1.54) is 6.42 Å². The topological polar surface area (TPSA) is 80.1 Å². The number of nitrogens with zero attached hydrogens (tertiary/aromatic N) is 4. The summed E-state index contributed by atoms with van der Waals surface area (Å²) in [5.74, 6) is 0.338. The van der Waals surface area contributed by atoms with E-state index in [-0.39, 0.29) is 23.8 Å². The molecule has 7 heteroatoms. The molecule has 2 fully saturated rings. The number of piperidine rings is 1. The van der Waals surface area contributed by atoms with Gasteiger partial charge in [0.1, 0.15) is 5.69 Å². The Labute approximate surface area is 200 Å². The van der Waals surface area contributed by atoms with Crippen LogP contribution in [0.2, 0.25) is 0 Å². The van der Waals surface area contributed by atoms with Crippen LogP contribution in [0.3, 0.4) is 0 Å². The maximum Gasteiger partial charge on any atom is 0.257 e. The molecular formula is C27H31N5O2. The number of rotatable bonds is 5. The van der Waals surface area contributed by atoms with Crippen LogP contribution in [0.4, 0.5) is 0 Å². The standard InChI is InChI=1S/C27H31N5O2/c33-26(20-8-3-1-4-9-20)29-22-13-16-31(17-14-22)27(34)24-19-32(23-11-5-2-6-12-23)30-25(24)21-10-7-15-28-18-21/h2,5-7,10-12,15,18-20,22H,1,3-4,8-9,13-14,16-17H2,(H,29,33). The third-order valence-corrected chi connectivity index (χ3v) is 7.00. The van der Waals surface area contributed by atoms with Gasteiger partial charge in [0.15, 0.2) is 0 Å². The normalized spacial score (nSPS) is 17.5. The van der Waals surface area contributed by atoms with Gasteiger partial charge in [0, 0.05) is 49.2 Å². The molecule has 3 aromatic rings. The number of pyridine rings is 1. The highest BCUT2D eigenvalue weighted by atomic mass is 16.2. The van der Waals surface area contributed by atoms with Gasteiger partial charge >= 0.3 is 0 Å². The van der Waals surface area contributed by atoms with Gasteiger partial charge in [-0.25, -0.2) is 4.68 Å². The van der Waals surface area contributed by atoms with Gasteiger partial charge in [-0.15, -0.1) is 0 Å². The summed E-state index contributed by atoms with van der Waals surface area (Å²) in [7, 11) is 0. The van der Waals surface area contributed by atoms with Crippen LogP contribution in [0.5, 0.6) is 0 Å². The quantitative estimate of drug-likeness (QED) is 0.622. The van der Waals surface area contributed by atoms with Crippen LogP contribution in [0.1, 0.15) is 55.3 Å². The molecule has 2 aromatic heterocycles. The maximum absolute atomic E-state index is 13.6. The summed E-state index contributed by atoms with van der Waals surface area (Å²) in [5, 5.41) is 7.99. The first kappa shape index (κ1) is 22.3. The van der Waals surface area contributed by atoms with Gasteiger partial charge in [-0.2, -0.15) is 5.10 Å². The van der Waals surface area contributed by atoms with Crippen molar-refractivity contribution < 1.29 is 9.59 Å². The van der Waals surface area contributed by atoms with Crippen molar-refractivity contribution in [3.8, 4) is 16.9 Å². The van der Waals surface area contributed by atoms with E-state index in [9.17, 15) is 9.59 Å². The van der Waals surface area contributed by atoms with Crippen molar-refractivity contribution in [1.29, 1.82) is 0 Å². The molecule has 1 aromatic carbocycles. The second-order valence-corrected chi connectivity index (χ2v) is 9.32. The van der Waals surface area contributed by atoms with Gasteiger partial charge in [-0.1, -0.05) is 37.5 Å². The van der Waals surface area contributed by atoms with Crippen molar-refractivity contribution in [1.82, 2.24) is 25.0 Å². The Kier molecular flexibility index (Phi) is 6.70. The minimum absolute atomic E-state index is 0.0295. The Morgan fingerprint density at radius 3 is 2.38 bits per heavy atom. The molecule has 2 amide bonds. The number of hydrogen-bond acceptors (Lipinski definition) is 4. The average molecular weight is 458 g/mol. The number of carbonyl (C=O) groups is 2. The second-order valence-electron chi connectivity index (χ2n) is 9.32. The smallest absolute Gasteiger partial charge is 0.257 e. The zero-order valence-corrected chi connectivity index (χ0v) is 19.4. The number of carbonyl (C=O) groups excluding carboxylic acids is 2. The van der Waals surface area contributed by atoms with Crippen molar-refractivity contribution in [2.45, 2.75) is 51.0 Å². The molecule has 176 valence electrons. The third kappa shape index (κ3) is 4.88. The van der Waals surface area contributed by atoms with Crippen LogP contribution in [0.25, 0.3) is 16.9 Å². The molecule has 0 atom stereocenters. The predicted octanol–water partition coefficient (Wildman–Crippen LogP) is 4.24. The zero-order valence-electron chi connectivity index (χ0n) is 19.4. The number of hydrogen-bond donors (Lipinski definition) is 1. The highest BCUT2D eigenvalue weighted by Gasteiger charge is 2.29. The van der Waals surface area contributed by atoms with Crippen molar-refractivity contribution >= 4 is 11.8 Å². The lowest BCUT2D eigenvalue weighted by molar-refractivity contribution is -0.126. The van der Waals surface area contributed by atoms with Gasteiger partial charge in [0.05, 0.1) is 11.3 Å². The number of amides is 2. The summed E-state index contributed by atoms with van der Waals surface area (Å²) >= 11 is 0. The molecule has 7 nitrogen and oxygen atoms in total. The molecule has 1 N–H and O–H groups in total. The van der Waals surface area contributed by atoms with Crippen molar-refractivity contribution in [2.75, 3.05) is 13.1 Å². The number of aromatic nitrogens is 3. The van der Waals surface area contributed by atoms with Gasteiger partial charge in [-0.3, -0.25) is 14.6 Å². The van der Waals surface area contributed by atoms with E-state index >= 15 is 0 Å². The van der Waals surface area contributed by atoms with Crippen LogP contribution in [0, 0.1) is 5.92 Å². The monoisotopic (exact) mass is 457 g/mol. The van der Waals surface area contributed by atoms with Gasteiger partial charge < -0.3 is 10.2 Å². The third-order valence-electron chi connectivity index (χ3n) is 7.00. The first-order chi connectivity index (χ1) is 16.7. The van der Waals surface area contributed by atoms with E-state index in [1.807, 2.05) is 53.6 Å². The number of para-hydroxylation sites is 1. The maximum atomic E-state index is 13.6. The SMILES string of the molecule is O=C(NC1CCN(C(=O)c2cn(-c3ccccc3)nc2-c2cccnc2)CC1)C1CCCCC1. The van der Waals surface area contributed by atoms with Crippen molar-refractivity contribution in [3.63, 3.8) is 0 Å². The van der Waals surface area contributed by atoms with E-state index in [0.717, 1.165) is 49.8 Å². The lowest BCUT2D eigenvalue weighted by Crippen LogP contribution is -2.48. The van der Waals surface area contributed by atoms with E-state index in [4.69, 9.17) is 5.10 Å². The fraction of sp³-hybridized carbons (Fsp3) is 0.407. The molecule has 0 spiro atoms. The van der Waals surface area contributed by atoms with E-state index < -0.39 is 0 Å². The Bertz CT molecular complexity index is 1110. The molecule has 0 bridgehead atoms. The van der Waals surface area contributed by atoms with Crippen LogP contribution in [-0.2, 0) is 4.79 Å². The van der Waals surface area contributed by atoms with E-state index in [2.05, 4.69) is 10.3 Å². The lowest BCUT2D eigenvalue weighted by Gasteiger charge is -2.33. The molecule has 1 aliphatic carbocycles. The molecule has 0 radical (unpaired) electrons. The van der Waals surface area contributed by atoms with E-state index in [1.54, 1.807) is 17.1 Å². The van der Waals surface area contributed by atoms with Crippen molar-refractivity contribution in [3.05, 3.63) is 66.6 Å². The fourth-order valence-electron chi connectivity index (χ4n) is 5.04. The van der Waals surface area contributed by atoms with Crippen LogP contribution in [-0.4, -0.2) is 50.6 Å². The Hall–Kier alpha value is -3.48. The summed E-state index contributed by atoms with van der Waals surface area (Å²) < 4.78 is 1.76. The summed E-state index contributed by atoms with van der Waals surface area (Å²) in [6.45, 7) is 1.24. The summed E-state index contributed by atoms with van der Waals surface area (Å²) in [5.41, 5.74) is 2.92. The summed E-state index contributed by atoms with van der Waals surface area (Å²) in [4.78, 5) is 32.3. The highest BCUT2D eigenvalue weighted by molar-refractivity contribution is 6.00. The number of likely N-dealkylation sites (tertiary alicyclic amines) is 1. The van der Waals surface area contributed by atoms with Crippen LogP contribution >= 0.6 is 0 Å². The van der Waals surface area contributed by atoms with Crippen molar-refractivity contribution in [2.24, 2.45) is 5.92 Å². The first-order valence-corrected chi connectivity index (χ1v) is 12.3. The fourth-order valence-corrected chi connectivity index (χ4v) is 5.04. The van der Waals surface area contributed by atoms with Crippen LogP contribution in [0.15, 0.2) is 61.1 Å². The van der Waals surface area contributed by atoms with E-state index in [0.29, 0.717) is 24.3 Å². The predicted molar refractivity (Wildman–Crippen MR) is 130 cm³/mol. The molecule has 1 saturated heterocycles. The molecule has 5 rings (SSSR count). The summed E-state index contributed by atoms with van der Waals surface area (Å²) in [6, 6.07) is 13.7. The average Bonchev–Trinajstić information content (AvgIpc) is 3.36. The highest BCUT2D eigenvalue weighted by Crippen LogP contribution is 2.27. The summed E-state index contributed by atoms with van der Waals surface area (Å²) in [6.07, 6.45) is 12.4. The first-order valence-electron chi connectivity index (χ1n) is 12.3. The molecule has 2 aliphatic rings. The molecule has 1 saturated carbocycles. The second kappa shape index (κ2) is 10.2. The van der Waals surface area contributed by atoms with Gasteiger partial charge in [-0.05, 0) is 49.9 Å². The number of benzene rings is 1. The van der Waals surface area contributed by atoms with Crippen LogP contribution < -0.4 is 5.32 Å². The Morgan fingerprint density at radius 1 is 0.912 bits per heavy atom. The molecule has 0 unspecified atom stereocenters. The van der Waals surface area contributed by atoms with Gasteiger partial charge in [0.25, 0.3) is 5.91 Å². The zero-order chi connectivity index (χ0) is 23.3. The largest absolute Gasteiger partial charge is 0.353 e. The molecule has 3 heterocycles. The number of nitrogens with one attached hydrogen (secondary N) is 1. The minimum Gasteiger partial charge on any atom is -0.353 e. The molecule has 34 heavy (non-hydrogen) atoms.